The maximum absolute atomic E-state index is 12.9. The number of rotatable bonds is 10. The van der Waals surface area contributed by atoms with E-state index in [1.165, 1.54) is 24.3 Å². The summed E-state index contributed by atoms with van der Waals surface area (Å²) in [6.45, 7) is 2.63. The smallest absolute Gasteiger partial charge is 0.285 e. The topological polar surface area (TPSA) is 132 Å². The molecule has 0 atom stereocenters. The summed E-state index contributed by atoms with van der Waals surface area (Å²) in [7, 11) is -3.99. The number of aryl methyl sites for hydroxylation is 1. The second-order valence-corrected chi connectivity index (χ2v) is 10.7. The van der Waals surface area contributed by atoms with E-state index in [1.54, 1.807) is 0 Å². The van der Waals surface area contributed by atoms with Crippen molar-refractivity contribution in [2.24, 2.45) is 15.9 Å². The summed E-state index contributed by atoms with van der Waals surface area (Å²) in [6.07, 6.45) is 2.07. The van der Waals surface area contributed by atoms with Gasteiger partial charge >= 0.3 is 0 Å². The molecule has 0 bridgehead atoms. The Hall–Kier alpha value is -4.50. The van der Waals surface area contributed by atoms with Crippen molar-refractivity contribution in [3.05, 3.63) is 103 Å². The van der Waals surface area contributed by atoms with E-state index < -0.39 is 16.0 Å². The number of benzene rings is 3. The molecule has 0 aliphatic heterocycles. The van der Waals surface area contributed by atoms with Crippen molar-refractivity contribution in [3.8, 4) is 22.4 Å². The molecule has 0 radical (unpaired) electrons. The molecule has 1 amide bonds. The highest BCUT2D eigenvalue weighted by molar-refractivity contribution is 7.90. The normalized spacial score (nSPS) is 11.1. The van der Waals surface area contributed by atoms with E-state index in [2.05, 4.69) is 57.6 Å². The fourth-order valence-electron chi connectivity index (χ4n) is 4.39. The second-order valence-electron chi connectivity index (χ2n) is 9.07. The van der Waals surface area contributed by atoms with E-state index in [9.17, 15) is 13.2 Å². The molecule has 1 heterocycles. The molecule has 4 rings (SSSR count). The first kappa shape index (κ1) is 27.5. The van der Waals surface area contributed by atoms with Crippen LogP contribution in [0, 0.1) is 0 Å². The number of anilines is 1. The van der Waals surface area contributed by atoms with Crippen LogP contribution in [0.15, 0.2) is 106 Å². The summed E-state index contributed by atoms with van der Waals surface area (Å²) < 4.78 is 29.8. The van der Waals surface area contributed by atoms with Gasteiger partial charge in [-0.2, -0.15) is 13.0 Å². The van der Waals surface area contributed by atoms with Crippen molar-refractivity contribution >= 4 is 27.6 Å². The predicted molar refractivity (Wildman–Crippen MR) is 154 cm³/mol. The average molecular weight is 543 g/mol. The van der Waals surface area contributed by atoms with Gasteiger partial charge in [0.05, 0.1) is 11.3 Å². The molecule has 1 aromatic heterocycles. The number of aromatic nitrogens is 1. The van der Waals surface area contributed by atoms with Gasteiger partial charge in [0.2, 0.25) is 17.6 Å². The molecular formula is C30H32N5O3S+. The molecule has 39 heavy (non-hydrogen) atoms. The third-order valence-electron chi connectivity index (χ3n) is 6.16. The minimum Gasteiger partial charge on any atom is -0.369 e. The van der Waals surface area contributed by atoms with Gasteiger partial charge in [-0.15, -0.1) is 4.40 Å². The van der Waals surface area contributed by atoms with E-state index in [4.69, 9.17) is 11.5 Å². The van der Waals surface area contributed by atoms with Gasteiger partial charge in [-0.25, -0.2) is 0 Å². The maximum atomic E-state index is 12.9. The summed E-state index contributed by atoms with van der Waals surface area (Å²) in [4.78, 5) is 12.9. The first-order chi connectivity index (χ1) is 18.8. The summed E-state index contributed by atoms with van der Waals surface area (Å²) >= 11 is 0. The molecule has 8 nitrogen and oxygen atoms in total. The fraction of sp³-hybridized carbons (Fsp3) is 0.167. The molecule has 0 spiro atoms. The van der Waals surface area contributed by atoms with Crippen LogP contribution in [0.1, 0.15) is 25.5 Å². The molecule has 0 saturated carbocycles. The summed E-state index contributed by atoms with van der Waals surface area (Å²) in [5.41, 5.74) is 16.4. The number of nitrogens with zero attached hydrogens (tertiary/aromatic N) is 2. The minimum absolute atomic E-state index is 0.0697. The number of hydrogen-bond donors (Lipinski definition) is 3. The van der Waals surface area contributed by atoms with Gasteiger partial charge in [0.25, 0.3) is 10.0 Å². The molecule has 5 N–H and O–H groups in total. The fourth-order valence-corrected chi connectivity index (χ4v) is 5.25. The highest BCUT2D eigenvalue weighted by atomic mass is 32.2. The van der Waals surface area contributed by atoms with Crippen LogP contribution in [0.5, 0.6) is 0 Å². The largest absolute Gasteiger partial charge is 0.369 e. The Morgan fingerprint density at radius 2 is 1.46 bits per heavy atom. The molecule has 0 unspecified atom stereocenters. The number of carbonyl (C=O) groups excluding carboxylic acids is 1. The summed E-state index contributed by atoms with van der Waals surface area (Å²) in [6, 6.07) is 30.5. The first-order valence-electron chi connectivity index (χ1n) is 12.7. The molecule has 0 fully saturated rings. The Balaban J connectivity index is 1.58. The van der Waals surface area contributed by atoms with E-state index in [0.29, 0.717) is 12.2 Å². The van der Waals surface area contributed by atoms with Crippen molar-refractivity contribution in [1.29, 1.82) is 0 Å². The van der Waals surface area contributed by atoms with Gasteiger partial charge in [-0.3, -0.25) is 4.79 Å². The Morgan fingerprint density at radius 1 is 0.846 bits per heavy atom. The van der Waals surface area contributed by atoms with Crippen molar-refractivity contribution in [3.63, 3.8) is 0 Å². The molecular weight excluding hydrogens is 510 g/mol. The minimum atomic E-state index is -3.99. The Bertz CT molecular complexity index is 1570. The van der Waals surface area contributed by atoms with Gasteiger partial charge in [0.1, 0.15) is 0 Å². The van der Waals surface area contributed by atoms with Crippen LogP contribution < -0.4 is 21.4 Å². The number of guanidine groups is 1. The van der Waals surface area contributed by atoms with Crippen LogP contribution in [0.4, 0.5) is 5.69 Å². The van der Waals surface area contributed by atoms with Crippen LogP contribution in [0.3, 0.4) is 0 Å². The lowest BCUT2D eigenvalue weighted by Crippen LogP contribution is -2.42. The van der Waals surface area contributed by atoms with Crippen molar-refractivity contribution in [2.45, 2.75) is 37.6 Å². The lowest BCUT2D eigenvalue weighted by atomic mass is 10.00. The van der Waals surface area contributed by atoms with Gasteiger partial charge in [0, 0.05) is 29.8 Å². The van der Waals surface area contributed by atoms with Crippen LogP contribution in [-0.4, -0.2) is 20.3 Å². The number of hydrogen-bond acceptors (Lipinski definition) is 3. The highest BCUT2D eigenvalue weighted by Crippen LogP contribution is 2.26. The maximum Gasteiger partial charge on any atom is 0.285 e. The average Bonchev–Trinajstić information content (AvgIpc) is 2.93. The van der Waals surface area contributed by atoms with Crippen molar-refractivity contribution in [2.75, 3.05) is 5.32 Å². The number of nitrogens with two attached hydrogens (primary N) is 2. The zero-order chi connectivity index (χ0) is 27.8. The van der Waals surface area contributed by atoms with E-state index in [0.717, 1.165) is 40.9 Å². The Labute approximate surface area is 229 Å². The van der Waals surface area contributed by atoms with Gasteiger partial charge in [0.15, 0.2) is 12.2 Å². The number of nitrogens with one attached hydrogen (secondary N) is 1. The zero-order valence-electron chi connectivity index (χ0n) is 21.7. The Morgan fingerprint density at radius 3 is 2.05 bits per heavy atom. The third-order valence-corrected chi connectivity index (χ3v) is 7.48. The zero-order valence-corrected chi connectivity index (χ0v) is 22.6. The first-order valence-corrected chi connectivity index (χ1v) is 14.1. The van der Waals surface area contributed by atoms with Crippen molar-refractivity contribution in [1.82, 2.24) is 0 Å². The van der Waals surface area contributed by atoms with Crippen LogP contribution >= 0.6 is 0 Å². The van der Waals surface area contributed by atoms with Crippen LogP contribution in [0.25, 0.3) is 22.4 Å². The Kier molecular flexibility index (Phi) is 8.73. The standard InChI is InChI=1S/C30H31N5O3S/c1-2-9-26-20-24(22-10-5-3-6-11-22)21-28(23-12-7-4-8-13-23)35(26)19-18-29(36)33-25-14-16-27(17-15-25)39(37,38)34-30(31)32/h3-8,10-17,20-21H,2,9,18-19H2,1H3,(H4-,31,32,33,34,36)/p+1. The third kappa shape index (κ3) is 7.08. The molecule has 0 saturated heterocycles. The number of sulfonamides is 1. The lowest BCUT2D eigenvalue weighted by molar-refractivity contribution is -0.692. The monoisotopic (exact) mass is 542 g/mol. The van der Waals surface area contributed by atoms with E-state index in [1.807, 2.05) is 36.4 Å². The molecule has 4 aromatic rings. The number of carbonyl (C=O) groups is 1. The van der Waals surface area contributed by atoms with Gasteiger partial charge < -0.3 is 16.8 Å². The molecule has 0 aliphatic carbocycles. The van der Waals surface area contributed by atoms with E-state index in [-0.39, 0.29) is 17.2 Å². The van der Waals surface area contributed by atoms with Crippen LogP contribution in [-0.2, 0) is 27.8 Å². The number of amides is 1. The molecule has 0 aliphatic rings. The summed E-state index contributed by atoms with van der Waals surface area (Å²) in [5, 5.41) is 2.85. The SMILES string of the molecule is CCCc1cc(-c2ccccc2)cc(-c2ccccc2)[n+]1CCC(=O)Nc1ccc(S(=O)(=O)N=C(N)N)cc1. The number of pyridine rings is 1. The van der Waals surface area contributed by atoms with Crippen molar-refractivity contribution < 1.29 is 17.8 Å². The van der Waals surface area contributed by atoms with Gasteiger partial charge in [-0.05, 0) is 53.9 Å². The van der Waals surface area contributed by atoms with Gasteiger partial charge in [-0.1, -0.05) is 55.5 Å². The molecule has 9 heteroatoms. The van der Waals surface area contributed by atoms with Crippen LogP contribution in [0.2, 0.25) is 0 Å². The predicted octanol–water partition coefficient (Wildman–Crippen LogP) is 4.25. The quantitative estimate of drug-likeness (QED) is 0.157. The van der Waals surface area contributed by atoms with E-state index >= 15 is 0 Å². The lowest BCUT2D eigenvalue weighted by Gasteiger charge is -2.13. The molecule has 3 aromatic carbocycles. The summed E-state index contributed by atoms with van der Waals surface area (Å²) in [5.74, 6) is -0.727. The molecule has 200 valence electrons. The second kappa shape index (κ2) is 12.4. The highest BCUT2D eigenvalue weighted by Gasteiger charge is 2.22.